The molecule has 3 atom stereocenters. The second kappa shape index (κ2) is 37.7. The number of hydrogen-bond donors (Lipinski definition) is 2. The standard InChI is InChI=1S/C47H79N2O6P/c1-6-8-10-12-14-16-17-18-19-20-21-22-23-24-25-26-27-28-29-30-31-33-35-37-39-41-47(51)48-45(44-55-56(52,53)54-43-42-49(3,4)5)46(50)40-38-36-34-32-15-13-11-9-7-2/h7-10,14-16,18-19,21-22,24-25,27-28,32,38,40,45-46,50H,6,11-13,17,20,23,26,29-31,33-37,39,41-44H2,1-5H3,(H-,48,51,52,53)/b9-7+,10-8-,16-14-,19-18-,22-21-,25-24-,28-27-,32-15+,40-38+. The number of aliphatic hydroxyl groups excluding tert-OH is 1. The quantitative estimate of drug-likeness (QED) is 0.0283. The van der Waals surface area contributed by atoms with Crippen LogP contribution in [0.3, 0.4) is 0 Å². The Morgan fingerprint density at radius 2 is 1.12 bits per heavy atom. The number of likely N-dealkylation sites (N-methyl/N-ethyl adjacent to an activating group) is 1. The predicted molar refractivity (Wildman–Crippen MR) is 237 cm³/mol. The summed E-state index contributed by atoms with van der Waals surface area (Å²) in [4.78, 5) is 25.2. The number of aliphatic hydroxyl groups is 1. The van der Waals surface area contributed by atoms with Gasteiger partial charge >= 0.3 is 0 Å². The Hall–Kier alpha value is -2.84. The van der Waals surface area contributed by atoms with E-state index in [9.17, 15) is 19.4 Å². The number of phosphoric ester groups is 1. The first kappa shape index (κ1) is 53.2. The molecule has 56 heavy (non-hydrogen) atoms. The summed E-state index contributed by atoms with van der Waals surface area (Å²) in [7, 11) is 1.20. The summed E-state index contributed by atoms with van der Waals surface area (Å²) in [5, 5.41) is 13.6. The van der Waals surface area contributed by atoms with Gasteiger partial charge in [0.1, 0.15) is 13.2 Å². The van der Waals surface area contributed by atoms with Crippen LogP contribution in [0.1, 0.15) is 129 Å². The summed E-state index contributed by atoms with van der Waals surface area (Å²) in [6.45, 7) is 4.21. The highest BCUT2D eigenvalue weighted by atomic mass is 31.2. The molecule has 0 bridgehead atoms. The summed E-state index contributed by atoms with van der Waals surface area (Å²) < 4.78 is 23.1. The molecule has 0 aromatic carbocycles. The highest BCUT2D eigenvalue weighted by Gasteiger charge is 2.23. The largest absolute Gasteiger partial charge is 0.756 e. The van der Waals surface area contributed by atoms with Gasteiger partial charge in [0.05, 0.1) is 39.9 Å². The molecule has 0 saturated carbocycles. The Kier molecular flexibility index (Phi) is 35.8. The third-order valence-corrected chi connectivity index (χ3v) is 9.50. The first-order valence-corrected chi connectivity index (χ1v) is 22.7. The summed E-state index contributed by atoms with van der Waals surface area (Å²) in [6, 6.07) is -0.923. The molecule has 0 radical (unpaired) electrons. The number of amides is 1. The van der Waals surface area contributed by atoms with E-state index in [2.05, 4.69) is 103 Å². The molecule has 0 aromatic heterocycles. The van der Waals surface area contributed by atoms with Gasteiger partial charge in [0.25, 0.3) is 7.82 Å². The molecular formula is C47H79N2O6P. The van der Waals surface area contributed by atoms with Gasteiger partial charge in [0.2, 0.25) is 5.91 Å². The van der Waals surface area contributed by atoms with Crippen molar-refractivity contribution in [1.29, 1.82) is 0 Å². The summed E-state index contributed by atoms with van der Waals surface area (Å²) >= 11 is 0. The van der Waals surface area contributed by atoms with Crippen LogP contribution < -0.4 is 10.2 Å². The van der Waals surface area contributed by atoms with Crippen LogP contribution in [-0.4, -0.2) is 68.5 Å². The van der Waals surface area contributed by atoms with Gasteiger partial charge in [-0.3, -0.25) is 9.36 Å². The number of carbonyl (C=O) groups is 1. The van der Waals surface area contributed by atoms with E-state index in [1.807, 2.05) is 40.2 Å². The molecule has 3 unspecified atom stereocenters. The second-order valence-corrected chi connectivity index (χ2v) is 16.4. The van der Waals surface area contributed by atoms with Crippen LogP contribution in [0.15, 0.2) is 109 Å². The first-order valence-electron chi connectivity index (χ1n) is 21.2. The van der Waals surface area contributed by atoms with Crippen LogP contribution in [0.5, 0.6) is 0 Å². The van der Waals surface area contributed by atoms with Crippen LogP contribution in [0.4, 0.5) is 0 Å². The fourth-order valence-corrected chi connectivity index (χ4v) is 5.91. The van der Waals surface area contributed by atoms with Crippen LogP contribution in [0.2, 0.25) is 0 Å². The van der Waals surface area contributed by atoms with Crippen LogP contribution in [0, 0.1) is 0 Å². The van der Waals surface area contributed by atoms with E-state index in [0.29, 0.717) is 23.9 Å². The van der Waals surface area contributed by atoms with Crippen LogP contribution >= 0.6 is 7.82 Å². The zero-order valence-electron chi connectivity index (χ0n) is 35.8. The maximum absolute atomic E-state index is 12.8. The molecule has 0 aliphatic rings. The van der Waals surface area contributed by atoms with Gasteiger partial charge in [-0.1, -0.05) is 142 Å². The summed E-state index contributed by atoms with van der Waals surface area (Å²) in [5.41, 5.74) is 0. The first-order chi connectivity index (χ1) is 27.0. The molecule has 0 heterocycles. The SMILES string of the molecule is C/C=C/CC/C=C/CC/C=C/C(O)C(COP(=O)([O-])OCC[N+](C)(C)C)NC(=O)CCCCCCCC/C=C\C/C=C\C/C=C\C/C=C\C/C=C\C/C=C\CC. The van der Waals surface area contributed by atoms with Crippen molar-refractivity contribution in [1.82, 2.24) is 5.32 Å². The molecule has 8 nitrogen and oxygen atoms in total. The van der Waals surface area contributed by atoms with Gasteiger partial charge in [-0.25, -0.2) is 0 Å². The molecule has 318 valence electrons. The van der Waals surface area contributed by atoms with Gasteiger partial charge in [-0.2, -0.15) is 0 Å². The number of hydrogen-bond acceptors (Lipinski definition) is 6. The molecule has 2 N–H and O–H groups in total. The minimum absolute atomic E-state index is 0.0193. The number of quaternary nitrogens is 1. The Balaban J connectivity index is 4.36. The maximum Gasteiger partial charge on any atom is 0.268 e. The highest BCUT2D eigenvalue weighted by Crippen LogP contribution is 2.38. The normalized spacial score (nSPS) is 15.5. The molecule has 0 fully saturated rings. The van der Waals surface area contributed by atoms with E-state index in [1.54, 1.807) is 6.08 Å². The Morgan fingerprint density at radius 1 is 0.661 bits per heavy atom. The Morgan fingerprint density at radius 3 is 1.66 bits per heavy atom. The lowest BCUT2D eigenvalue weighted by molar-refractivity contribution is -0.870. The van der Waals surface area contributed by atoms with E-state index < -0.39 is 26.6 Å². The van der Waals surface area contributed by atoms with Crippen molar-refractivity contribution in [3.05, 3.63) is 109 Å². The number of unbranched alkanes of at least 4 members (excludes halogenated alkanes) is 8. The predicted octanol–water partition coefficient (Wildman–Crippen LogP) is 11.1. The minimum Gasteiger partial charge on any atom is -0.756 e. The number of rotatable bonds is 36. The van der Waals surface area contributed by atoms with Crippen molar-refractivity contribution in [3.8, 4) is 0 Å². The molecule has 0 aliphatic carbocycles. The second-order valence-electron chi connectivity index (χ2n) is 15.0. The van der Waals surface area contributed by atoms with Crippen molar-refractivity contribution in [3.63, 3.8) is 0 Å². The van der Waals surface area contributed by atoms with Gasteiger partial charge in [0.15, 0.2) is 0 Å². The van der Waals surface area contributed by atoms with E-state index >= 15 is 0 Å². The fraction of sp³-hybridized carbons (Fsp3) is 0.596. The molecule has 0 saturated heterocycles. The van der Waals surface area contributed by atoms with Crippen LogP contribution in [0.25, 0.3) is 0 Å². The number of phosphoric acid groups is 1. The Bertz CT molecular complexity index is 1270. The summed E-state index contributed by atoms with van der Waals surface area (Å²) in [6.07, 6.45) is 54.5. The molecule has 0 spiro atoms. The number of carbonyl (C=O) groups excluding carboxylic acids is 1. The zero-order chi connectivity index (χ0) is 41.4. The third-order valence-electron chi connectivity index (χ3n) is 8.54. The minimum atomic E-state index is -4.60. The average molecular weight is 799 g/mol. The van der Waals surface area contributed by atoms with E-state index in [1.165, 1.54) is 0 Å². The van der Waals surface area contributed by atoms with Crippen LogP contribution in [-0.2, 0) is 18.4 Å². The molecule has 1 amide bonds. The molecule has 0 aliphatic heterocycles. The summed E-state index contributed by atoms with van der Waals surface area (Å²) in [5.74, 6) is -0.237. The smallest absolute Gasteiger partial charge is 0.268 e. The zero-order valence-corrected chi connectivity index (χ0v) is 36.7. The fourth-order valence-electron chi connectivity index (χ4n) is 5.19. The lowest BCUT2D eigenvalue weighted by Gasteiger charge is -2.29. The number of nitrogens with zero attached hydrogens (tertiary/aromatic N) is 1. The third kappa shape index (κ3) is 39.4. The van der Waals surface area contributed by atoms with Gasteiger partial charge in [-0.15, -0.1) is 0 Å². The van der Waals surface area contributed by atoms with Gasteiger partial charge < -0.3 is 28.8 Å². The van der Waals surface area contributed by atoms with Crippen molar-refractivity contribution in [2.45, 2.75) is 142 Å². The average Bonchev–Trinajstić information content (AvgIpc) is 3.15. The topological polar surface area (TPSA) is 108 Å². The highest BCUT2D eigenvalue weighted by molar-refractivity contribution is 7.45. The maximum atomic E-state index is 12.8. The van der Waals surface area contributed by atoms with E-state index in [-0.39, 0.29) is 12.5 Å². The van der Waals surface area contributed by atoms with E-state index in [0.717, 1.165) is 103 Å². The molecular weight excluding hydrogens is 719 g/mol. The van der Waals surface area contributed by atoms with Crippen molar-refractivity contribution in [2.24, 2.45) is 0 Å². The number of nitrogens with one attached hydrogen (secondary N) is 1. The molecule has 9 heteroatoms. The monoisotopic (exact) mass is 799 g/mol. The Labute approximate surface area is 342 Å². The number of allylic oxidation sites excluding steroid dienone is 17. The van der Waals surface area contributed by atoms with Crippen molar-refractivity contribution >= 4 is 13.7 Å². The lowest BCUT2D eigenvalue weighted by Crippen LogP contribution is -2.45. The van der Waals surface area contributed by atoms with Crippen molar-refractivity contribution in [2.75, 3.05) is 40.9 Å². The van der Waals surface area contributed by atoms with Gasteiger partial charge in [0, 0.05) is 6.42 Å². The lowest BCUT2D eigenvalue weighted by atomic mass is 10.1. The van der Waals surface area contributed by atoms with Crippen molar-refractivity contribution < 1.29 is 32.9 Å². The van der Waals surface area contributed by atoms with E-state index in [4.69, 9.17) is 9.05 Å². The molecule has 0 rings (SSSR count). The molecule has 0 aromatic rings. The van der Waals surface area contributed by atoms with Gasteiger partial charge in [-0.05, 0) is 90.4 Å².